The van der Waals surface area contributed by atoms with Gasteiger partial charge in [0.1, 0.15) is 0 Å². The van der Waals surface area contributed by atoms with Crippen LogP contribution in [-0.2, 0) is 9.84 Å². The van der Waals surface area contributed by atoms with Crippen LogP contribution in [0.3, 0.4) is 0 Å². The Kier molecular flexibility index (Phi) is 6.54. The molecule has 0 bridgehead atoms. The molecule has 0 amide bonds. The first kappa shape index (κ1) is 13.4. The quantitative estimate of drug-likeness (QED) is 0.460. The molecule has 0 saturated heterocycles. The molecule has 0 saturated carbocycles. The molecular formula is C11H19O2S. The topological polar surface area (TPSA) is 34.1 Å². The molecule has 0 aliphatic carbocycles. The van der Waals surface area contributed by atoms with Gasteiger partial charge >= 0.3 is 0 Å². The SMILES string of the molecule is [CH2]CCCCC(C=C)S(=O)(=O)CC=C. The fraction of sp³-hybridized carbons (Fsp3) is 0.545. The molecular weight excluding hydrogens is 196 g/mol. The molecule has 0 fully saturated rings. The van der Waals surface area contributed by atoms with Crippen LogP contribution in [0.25, 0.3) is 0 Å². The van der Waals surface area contributed by atoms with E-state index in [2.05, 4.69) is 20.1 Å². The van der Waals surface area contributed by atoms with Gasteiger partial charge in [0, 0.05) is 0 Å². The van der Waals surface area contributed by atoms with Gasteiger partial charge in [-0.1, -0.05) is 38.3 Å². The summed E-state index contributed by atoms with van der Waals surface area (Å²) in [6.45, 7) is 10.7. The van der Waals surface area contributed by atoms with E-state index in [9.17, 15) is 8.42 Å². The summed E-state index contributed by atoms with van der Waals surface area (Å²) in [7, 11) is -3.06. The first-order chi connectivity index (χ1) is 6.58. The van der Waals surface area contributed by atoms with Gasteiger partial charge in [0.2, 0.25) is 0 Å². The van der Waals surface area contributed by atoms with Gasteiger partial charge in [-0.05, 0) is 6.42 Å². The lowest BCUT2D eigenvalue weighted by molar-refractivity contribution is 0.580. The molecule has 0 aliphatic heterocycles. The second-order valence-corrected chi connectivity index (χ2v) is 5.51. The standard InChI is InChI=1S/C11H19O2S/c1-4-7-8-9-11(6-3)14(12,13)10-5-2/h5-6,11H,1-4,7-10H2. The summed E-state index contributed by atoms with van der Waals surface area (Å²) in [5.41, 5.74) is 0. The number of hydrogen-bond donors (Lipinski definition) is 0. The number of rotatable bonds is 8. The van der Waals surface area contributed by atoms with Crippen LogP contribution in [0.4, 0.5) is 0 Å². The molecule has 1 radical (unpaired) electrons. The van der Waals surface area contributed by atoms with Crippen molar-refractivity contribution in [2.75, 3.05) is 5.75 Å². The minimum Gasteiger partial charge on any atom is -0.228 e. The average Bonchev–Trinajstić information content (AvgIpc) is 2.12. The molecule has 0 aromatic heterocycles. The van der Waals surface area contributed by atoms with E-state index >= 15 is 0 Å². The van der Waals surface area contributed by atoms with Gasteiger partial charge in [-0.2, -0.15) is 0 Å². The largest absolute Gasteiger partial charge is 0.228 e. The van der Waals surface area contributed by atoms with Crippen LogP contribution in [0, 0.1) is 6.92 Å². The number of unbranched alkanes of at least 4 members (excludes halogenated alkanes) is 2. The summed E-state index contributed by atoms with van der Waals surface area (Å²) in [6, 6.07) is 0. The van der Waals surface area contributed by atoms with Crippen LogP contribution in [0.2, 0.25) is 0 Å². The van der Waals surface area contributed by atoms with Crippen molar-refractivity contribution in [1.82, 2.24) is 0 Å². The van der Waals surface area contributed by atoms with Gasteiger partial charge in [0.05, 0.1) is 11.0 Å². The molecule has 2 nitrogen and oxygen atoms in total. The molecule has 0 aliphatic rings. The van der Waals surface area contributed by atoms with Crippen molar-refractivity contribution in [1.29, 1.82) is 0 Å². The Hall–Kier alpha value is -0.570. The third-order valence-corrected chi connectivity index (χ3v) is 4.11. The van der Waals surface area contributed by atoms with Gasteiger partial charge in [-0.25, -0.2) is 8.42 Å². The zero-order chi connectivity index (χ0) is 11.0. The van der Waals surface area contributed by atoms with Crippen molar-refractivity contribution in [2.45, 2.75) is 30.9 Å². The highest BCUT2D eigenvalue weighted by Gasteiger charge is 2.19. The zero-order valence-electron chi connectivity index (χ0n) is 8.61. The Morgan fingerprint density at radius 1 is 1.21 bits per heavy atom. The van der Waals surface area contributed by atoms with Crippen molar-refractivity contribution >= 4 is 9.84 Å². The van der Waals surface area contributed by atoms with Crippen LogP contribution < -0.4 is 0 Å². The lowest BCUT2D eigenvalue weighted by Gasteiger charge is -2.11. The lowest BCUT2D eigenvalue weighted by atomic mass is 10.1. The minimum atomic E-state index is -3.06. The minimum absolute atomic E-state index is 0.0358. The Morgan fingerprint density at radius 3 is 2.29 bits per heavy atom. The summed E-state index contributed by atoms with van der Waals surface area (Å²) >= 11 is 0. The molecule has 3 heteroatoms. The maximum atomic E-state index is 11.6. The number of hydrogen-bond acceptors (Lipinski definition) is 2. The van der Waals surface area contributed by atoms with E-state index in [1.54, 1.807) is 0 Å². The van der Waals surface area contributed by atoms with Gasteiger partial charge in [0.15, 0.2) is 9.84 Å². The molecule has 14 heavy (non-hydrogen) atoms. The van der Waals surface area contributed by atoms with Crippen LogP contribution in [0.5, 0.6) is 0 Å². The van der Waals surface area contributed by atoms with Crippen molar-refractivity contribution < 1.29 is 8.42 Å². The highest BCUT2D eigenvalue weighted by molar-refractivity contribution is 7.92. The molecule has 0 heterocycles. The van der Waals surface area contributed by atoms with Gasteiger partial charge in [-0.3, -0.25) is 0 Å². The Balaban J connectivity index is 4.25. The van der Waals surface area contributed by atoms with Crippen LogP contribution in [0.15, 0.2) is 25.3 Å². The molecule has 0 aromatic carbocycles. The van der Waals surface area contributed by atoms with Crippen molar-refractivity contribution in [2.24, 2.45) is 0 Å². The molecule has 1 atom stereocenters. The first-order valence-corrected chi connectivity index (χ1v) is 6.54. The highest BCUT2D eigenvalue weighted by atomic mass is 32.2. The maximum absolute atomic E-state index is 11.6. The van der Waals surface area contributed by atoms with Crippen LogP contribution in [0.1, 0.15) is 25.7 Å². The summed E-state index contributed by atoms with van der Waals surface area (Å²) < 4.78 is 23.2. The summed E-state index contributed by atoms with van der Waals surface area (Å²) in [5.74, 6) is 0.0358. The predicted octanol–water partition coefficient (Wildman–Crippen LogP) is 2.54. The first-order valence-electron chi connectivity index (χ1n) is 4.82. The van der Waals surface area contributed by atoms with Gasteiger partial charge in [0.25, 0.3) is 0 Å². The summed E-state index contributed by atoms with van der Waals surface area (Å²) in [5, 5.41) is -0.424. The molecule has 81 valence electrons. The van der Waals surface area contributed by atoms with E-state index < -0.39 is 15.1 Å². The van der Waals surface area contributed by atoms with Crippen molar-refractivity contribution in [3.63, 3.8) is 0 Å². The Bertz CT molecular complexity index is 265. The lowest BCUT2D eigenvalue weighted by Crippen LogP contribution is -2.21. The van der Waals surface area contributed by atoms with Gasteiger partial charge < -0.3 is 0 Å². The smallest absolute Gasteiger partial charge is 0.160 e. The molecule has 0 spiro atoms. The van der Waals surface area contributed by atoms with Crippen molar-refractivity contribution in [3.05, 3.63) is 32.2 Å². The fourth-order valence-electron chi connectivity index (χ4n) is 1.25. The highest BCUT2D eigenvalue weighted by Crippen LogP contribution is 2.13. The van der Waals surface area contributed by atoms with Crippen LogP contribution >= 0.6 is 0 Å². The second-order valence-electron chi connectivity index (χ2n) is 3.24. The van der Waals surface area contributed by atoms with E-state index in [4.69, 9.17) is 0 Å². The van der Waals surface area contributed by atoms with Crippen LogP contribution in [-0.4, -0.2) is 19.4 Å². The predicted molar refractivity (Wildman–Crippen MR) is 61.8 cm³/mol. The van der Waals surface area contributed by atoms with E-state index in [-0.39, 0.29) is 5.75 Å². The molecule has 1 unspecified atom stereocenters. The zero-order valence-corrected chi connectivity index (χ0v) is 9.43. The Morgan fingerprint density at radius 2 is 1.86 bits per heavy atom. The average molecular weight is 215 g/mol. The van der Waals surface area contributed by atoms with Gasteiger partial charge in [-0.15, -0.1) is 13.2 Å². The molecule has 0 rings (SSSR count). The normalized spacial score (nSPS) is 13.5. The van der Waals surface area contributed by atoms with E-state index in [0.29, 0.717) is 6.42 Å². The van der Waals surface area contributed by atoms with Crippen molar-refractivity contribution in [3.8, 4) is 0 Å². The third kappa shape index (κ3) is 4.61. The third-order valence-electron chi connectivity index (χ3n) is 2.06. The maximum Gasteiger partial charge on any atom is 0.160 e. The summed E-state index contributed by atoms with van der Waals surface area (Å²) in [6.07, 6.45) is 6.29. The number of sulfone groups is 1. The Labute approximate surface area is 87.6 Å². The van der Waals surface area contributed by atoms with E-state index in [1.165, 1.54) is 12.2 Å². The van der Waals surface area contributed by atoms with E-state index in [0.717, 1.165) is 19.3 Å². The summed E-state index contributed by atoms with van der Waals surface area (Å²) in [4.78, 5) is 0. The molecule has 0 aromatic rings. The fourth-order valence-corrected chi connectivity index (χ4v) is 2.65. The monoisotopic (exact) mass is 215 g/mol. The van der Waals surface area contributed by atoms with E-state index in [1.807, 2.05) is 0 Å². The molecule has 0 N–H and O–H groups in total. The second kappa shape index (κ2) is 6.82.